The summed E-state index contributed by atoms with van der Waals surface area (Å²) in [7, 11) is -0.540. The Morgan fingerprint density at radius 3 is 1.96 bits per heavy atom. The van der Waals surface area contributed by atoms with Crippen LogP contribution in [0.1, 0.15) is 43.9 Å². The van der Waals surface area contributed by atoms with Gasteiger partial charge < -0.3 is 10.4 Å². The van der Waals surface area contributed by atoms with Gasteiger partial charge in [-0.3, -0.25) is 0 Å². The fourth-order valence-corrected chi connectivity index (χ4v) is 5.51. The zero-order valence-electron chi connectivity index (χ0n) is 16.9. The van der Waals surface area contributed by atoms with Crippen molar-refractivity contribution in [3.05, 3.63) is 96.1 Å². The maximum Gasteiger partial charge on any atom is 0.0940 e. The lowest BCUT2D eigenvalue weighted by Crippen LogP contribution is -2.34. The van der Waals surface area contributed by atoms with E-state index in [2.05, 4.69) is 80.7 Å². The van der Waals surface area contributed by atoms with Gasteiger partial charge in [0.15, 0.2) is 0 Å². The minimum atomic E-state index is -0.540. The van der Waals surface area contributed by atoms with E-state index >= 15 is 0 Å². The number of aliphatic hydroxyl groups is 1. The fourth-order valence-electron chi connectivity index (χ4n) is 3.28. The van der Waals surface area contributed by atoms with Gasteiger partial charge in [-0.05, 0) is 42.5 Å². The van der Waals surface area contributed by atoms with Crippen molar-refractivity contribution in [1.82, 2.24) is 5.32 Å². The lowest BCUT2D eigenvalue weighted by atomic mass is 10.0. The van der Waals surface area contributed by atoms with E-state index in [1.165, 1.54) is 16.2 Å². The van der Waals surface area contributed by atoms with Gasteiger partial charge in [-0.2, -0.15) is 0 Å². The third kappa shape index (κ3) is 5.29. The molecule has 0 spiro atoms. The molecule has 0 bridgehead atoms. The van der Waals surface area contributed by atoms with Gasteiger partial charge in [-0.1, -0.05) is 98.8 Å². The molecule has 0 heterocycles. The molecule has 0 aliphatic carbocycles. The van der Waals surface area contributed by atoms with Crippen LogP contribution in [0.4, 0.5) is 0 Å². The maximum atomic E-state index is 10.7. The minimum Gasteiger partial charge on any atom is -0.387 e. The number of benzene rings is 3. The van der Waals surface area contributed by atoms with Crippen molar-refractivity contribution in [2.75, 3.05) is 6.29 Å². The lowest BCUT2D eigenvalue weighted by molar-refractivity contribution is 0.139. The second-order valence-electron chi connectivity index (χ2n) is 7.52. The molecule has 0 unspecified atom stereocenters. The molecular formula is C25H30NOP. The first-order valence-electron chi connectivity index (χ1n) is 9.95. The third-order valence-electron chi connectivity index (χ3n) is 5.10. The summed E-state index contributed by atoms with van der Waals surface area (Å²) in [4.78, 5) is 0. The Morgan fingerprint density at radius 2 is 1.32 bits per heavy atom. The average Bonchev–Trinajstić information content (AvgIpc) is 2.75. The van der Waals surface area contributed by atoms with Crippen LogP contribution in [0.2, 0.25) is 0 Å². The van der Waals surface area contributed by atoms with Crippen LogP contribution in [-0.4, -0.2) is 17.4 Å². The highest BCUT2D eigenvalue weighted by atomic mass is 31.1. The van der Waals surface area contributed by atoms with E-state index in [4.69, 9.17) is 0 Å². The van der Waals surface area contributed by atoms with Crippen molar-refractivity contribution in [2.45, 2.75) is 38.8 Å². The zero-order chi connectivity index (χ0) is 19.9. The molecule has 3 heteroatoms. The topological polar surface area (TPSA) is 32.3 Å². The molecule has 0 saturated carbocycles. The minimum absolute atomic E-state index is 0.0237. The molecule has 0 fully saturated rings. The highest BCUT2D eigenvalue weighted by molar-refractivity contribution is 7.72. The molecule has 0 aliphatic heterocycles. The Hall–Kier alpha value is -1.99. The van der Waals surface area contributed by atoms with Crippen LogP contribution < -0.4 is 15.9 Å². The Morgan fingerprint density at radius 1 is 0.750 bits per heavy atom. The number of hydrogen-bond donors (Lipinski definition) is 2. The summed E-state index contributed by atoms with van der Waals surface area (Å²) < 4.78 is 0. The fraction of sp³-hybridized carbons (Fsp3) is 0.280. The van der Waals surface area contributed by atoms with Gasteiger partial charge in [0, 0.05) is 12.3 Å². The normalized spacial score (nSPS) is 14.6. The van der Waals surface area contributed by atoms with Gasteiger partial charge in [-0.15, -0.1) is 0 Å². The van der Waals surface area contributed by atoms with Crippen LogP contribution in [0.25, 0.3) is 0 Å². The van der Waals surface area contributed by atoms with Crippen molar-refractivity contribution >= 4 is 18.5 Å². The van der Waals surface area contributed by atoms with E-state index < -0.39 is 14.0 Å². The molecule has 146 valence electrons. The molecule has 0 aromatic heterocycles. The van der Waals surface area contributed by atoms with Gasteiger partial charge in [0.05, 0.1) is 6.10 Å². The van der Waals surface area contributed by atoms with Crippen molar-refractivity contribution in [2.24, 2.45) is 0 Å². The molecule has 0 amide bonds. The van der Waals surface area contributed by atoms with Crippen molar-refractivity contribution in [3.8, 4) is 0 Å². The molecule has 28 heavy (non-hydrogen) atoms. The second kappa shape index (κ2) is 9.98. The molecule has 0 saturated heterocycles. The Labute approximate surface area is 170 Å². The summed E-state index contributed by atoms with van der Waals surface area (Å²) in [5.41, 5.74) is 2.33. The first-order chi connectivity index (χ1) is 13.6. The highest BCUT2D eigenvalue weighted by Gasteiger charge is 2.20. The summed E-state index contributed by atoms with van der Waals surface area (Å²) in [5.74, 6) is 0.513. The van der Waals surface area contributed by atoms with E-state index in [0.717, 1.165) is 11.8 Å². The van der Waals surface area contributed by atoms with E-state index in [-0.39, 0.29) is 6.04 Å². The second-order valence-corrected chi connectivity index (χ2v) is 9.72. The van der Waals surface area contributed by atoms with Crippen LogP contribution in [0, 0.1) is 0 Å². The summed E-state index contributed by atoms with van der Waals surface area (Å²) in [6.45, 7) is 6.53. The molecule has 3 rings (SSSR count). The number of nitrogens with one attached hydrogen (secondary N) is 1. The third-order valence-corrected chi connectivity index (χ3v) is 7.42. The maximum absolute atomic E-state index is 10.7. The van der Waals surface area contributed by atoms with E-state index in [1.807, 2.05) is 30.3 Å². The van der Waals surface area contributed by atoms with Crippen molar-refractivity contribution in [3.63, 3.8) is 0 Å². The number of aliphatic hydroxyl groups excluding tert-OH is 1. The summed E-state index contributed by atoms with van der Waals surface area (Å²) >= 11 is 0. The van der Waals surface area contributed by atoms with Crippen LogP contribution in [0.15, 0.2) is 84.9 Å². The van der Waals surface area contributed by atoms with Gasteiger partial charge >= 0.3 is 0 Å². The van der Waals surface area contributed by atoms with Gasteiger partial charge in [-0.25, -0.2) is 0 Å². The monoisotopic (exact) mass is 391 g/mol. The summed E-state index contributed by atoms with van der Waals surface area (Å²) in [6.07, 6.45) is 0.321. The first kappa shape index (κ1) is 20.7. The smallest absolute Gasteiger partial charge is 0.0940 e. The quantitative estimate of drug-likeness (QED) is 0.535. The van der Waals surface area contributed by atoms with Crippen LogP contribution in [0.3, 0.4) is 0 Å². The van der Waals surface area contributed by atoms with Gasteiger partial charge in [0.2, 0.25) is 0 Å². The van der Waals surface area contributed by atoms with Crippen LogP contribution in [0.5, 0.6) is 0 Å². The number of rotatable bonds is 8. The molecule has 3 atom stereocenters. The predicted molar refractivity (Wildman–Crippen MR) is 122 cm³/mol. The van der Waals surface area contributed by atoms with E-state index in [1.54, 1.807) is 0 Å². The molecular weight excluding hydrogens is 361 g/mol. The Bertz CT molecular complexity index is 851. The molecule has 3 aromatic rings. The Kier molecular flexibility index (Phi) is 7.39. The SMILES string of the molecule is CC(C)c1cccc([P@@](CN[C@@H](C)[C@H](O)c2ccccc2)c2ccccc2)c1. The Balaban J connectivity index is 1.80. The van der Waals surface area contributed by atoms with Gasteiger partial charge in [0.25, 0.3) is 0 Å². The molecule has 2 N–H and O–H groups in total. The van der Waals surface area contributed by atoms with Crippen LogP contribution >= 0.6 is 7.92 Å². The predicted octanol–water partition coefficient (Wildman–Crippen LogP) is 4.91. The highest BCUT2D eigenvalue weighted by Crippen LogP contribution is 2.33. The van der Waals surface area contributed by atoms with Crippen molar-refractivity contribution in [1.29, 1.82) is 0 Å². The van der Waals surface area contributed by atoms with Gasteiger partial charge in [0.1, 0.15) is 0 Å². The van der Waals surface area contributed by atoms with E-state index in [0.29, 0.717) is 5.92 Å². The molecule has 3 aromatic carbocycles. The molecule has 2 nitrogen and oxygen atoms in total. The lowest BCUT2D eigenvalue weighted by Gasteiger charge is -2.25. The van der Waals surface area contributed by atoms with Crippen LogP contribution in [-0.2, 0) is 0 Å². The standard InChI is InChI=1S/C25H30NOP/c1-19(2)22-13-10-16-24(17-22)28(23-14-8-5-9-15-23)18-26-20(3)25(27)21-11-6-4-7-12-21/h4-17,19-20,25-27H,18H2,1-3H3/t20-,25-,28-/m0/s1. The van der Waals surface area contributed by atoms with E-state index in [9.17, 15) is 5.11 Å². The number of hydrogen-bond acceptors (Lipinski definition) is 2. The summed E-state index contributed by atoms with van der Waals surface area (Å²) in [5, 5.41) is 17.0. The largest absolute Gasteiger partial charge is 0.387 e. The molecule has 0 radical (unpaired) electrons. The summed E-state index contributed by atoms with van der Waals surface area (Å²) in [6, 6.07) is 29.6. The molecule has 0 aliphatic rings. The zero-order valence-corrected chi connectivity index (χ0v) is 17.8. The van der Waals surface area contributed by atoms with Crippen molar-refractivity contribution < 1.29 is 5.11 Å². The average molecular weight is 391 g/mol. The first-order valence-corrected chi connectivity index (χ1v) is 11.5.